The number of nitrogens with zero attached hydrogens (tertiary/aromatic N) is 2. The normalized spacial score (nSPS) is 17.5. The van der Waals surface area contributed by atoms with Gasteiger partial charge in [-0.3, -0.25) is 0 Å². The Kier molecular flexibility index (Phi) is 5.07. The lowest BCUT2D eigenvalue weighted by atomic mass is 9.80. The number of rotatable bonds is 5. The number of imidazole rings is 1. The van der Waals surface area contributed by atoms with Crippen LogP contribution in [-0.2, 0) is 15.9 Å². The molecule has 0 bridgehead atoms. The second-order valence-corrected chi connectivity index (χ2v) is 8.84. The van der Waals surface area contributed by atoms with Crippen LogP contribution in [0.3, 0.4) is 0 Å². The maximum atomic E-state index is 6.26. The van der Waals surface area contributed by atoms with E-state index in [0.717, 1.165) is 33.8 Å². The summed E-state index contributed by atoms with van der Waals surface area (Å²) in [7, 11) is 1.19. The van der Waals surface area contributed by atoms with Crippen LogP contribution in [-0.4, -0.2) is 34.8 Å². The molecule has 0 amide bonds. The number of aryl methyl sites for hydroxylation is 2. The fraction of sp³-hybridized carbons (Fsp3) is 0.435. The lowest BCUT2D eigenvalue weighted by molar-refractivity contribution is 0.00578. The molecule has 0 atom stereocenters. The zero-order valence-electron chi connectivity index (χ0n) is 18.8. The number of ether oxygens (including phenoxy) is 2. The molecule has 0 radical (unpaired) electrons. The SMILES string of the molecule is COc1ccc(COc2cc(B3OC(C)(C)C(C)(C)O3)cn3c(C)c(C)nc23)cc1. The van der Waals surface area contributed by atoms with E-state index in [1.165, 1.54) is 0 Å². The van der Waals surface area contributed by atoms with Gasteiger partial charge in [-0.2, -0.15) is 0 Å². The Morgan fingerprint density at radius 1 is 1.03 bits per heavy atom. The van der Waals surface area contributed by atoms with Crippen LogP contribution in [0.25, 0.3) is 5.65 Å². The molecule has 6 nitrogen and oxygen atoms in total. The van der Waals surface area contributed by atoms with Crippen molar-refractivity contribution >= 4 is 18.2 Å². The van der Waals surface area contributed by atoms with Crippen LogP contribution in [0, 0.1) is 13.8 Å². The Hall–Kier alpha value is -2.51. The Bertz CT molecular complexity index is 1060. The molecule has 7 heteroatoms. The first-order valence-corrected chi connectivity index (χ1v) is 10.2. The summed E-state index contributed by atoms with van der Waals surface area (Å²) >= 11 is 0. The fourth-order valence-electron chi connectivity index (χ4n) is 3.46. The molecule has 30 heavy (non-hydrogen) atoms. The first-order valence-electron chi connectivity index (χ1n) is 10.2. The molecule has 0 saturated carbocycles. The summed E-state index contributed by atoms with van der Waals surface area (Å²) in [6.45, 7) is 12.7. The second-order valence-electron chi connectivity index (χ2n) is 8.84. The second kappa shape index (κ2) is 7.32. The van der Waals surface area contributed by atoms with Gasteiger partial charge in [0.05, 0.1) is 24.0 Å². The van der Waals surface area contributed by atoms with Crippen LogP contribution in [0.2, 0.25) is 0 Å². The molecule has 1 fully saturated rings. The number of hydrogen-bond acceptors (Lipinski definition) is 5. The van der Waals surface area contributed by atoms with Crippen molar-refractivity contribution in [2.75, 3.05) is 7.11 Å². The number of methoxy groups -OCH3 is 1. The molecular formula is C23H29BN2O4. The van der Waals surface area contributed by atoms with Crippen LogP contribution in [0.4, 0.5) is 0 Å². The number of fused-ring (bicyclic) bond motifs is 1. The standard InChI is InChI=1S/C23H29BN2O4/c1-15-16(2)26-13-18(24-29-22(3,4)23(5,6)30-24)12-20(21(26)25-15)28-14-17-8-10-19(27-7)11-9-17/h8-13H,14H2,1-7H3. The third-order valence-electron chi connectivity index (χ3n) is 6.26. The van der Waals surface area contributed by atoms with Gasteiger partial charge in [0.15, 0.2) is 11.4 Å². The van der Waals surface area contributed by atoms with E-state index in [4.69, 9.17) is 23.8 Å². The summed E-state index contributed by atoms with van der Waals surface area (Å²) in [5, 5.41) is 0. The van der Waals surface area contributed by atoms with Crippen molar-refractivity contribution in [2.45, 2.75) is 59.4 Å². The van der Waals surface area contributed by atoms with Crippen LogP contribution >= 0.6 is 0 Å². The molecular weight excluding hydrogens is 379 g/mol. The minimum absolute atomic E-state index is 0.406. The summed E-state index contributed by atoms with van der Waals surface area (Å²) in [5.74, 6) is 1.53. The molecule has 0 N–H and O–H groups in total. The zero-order chi connectivity index (χ0) is 21.7. The molecule has 0 spiro atoms. The van der Waals surface area contributed by atoms with E-state index in [9.17, 15) is 0 Å². The van der Waals surface area contributed by atoms with Crippen LogP contribution in [0.5, 0.6) is 11.5 Å². The predicted octanol–water partition coefficient (Wildman–Crippen LogP) is 3.84. The first kappa shape index (κ1) is 20.8. The molecule has 1 saturated heterocycles. The van der Waals surface area contributed by atoms with E-state index >= 15 is 0 Å². The van der Waals surface area contributed by atoms with Gasteiger partial charge in [-0.05, 0) is 65.3 Å². The minimum Gasteiger partial charge on any atom is -0.497 e. The fourth-order valence-corrected chi connectivity index (χ4v) is 3.46. The van der Waals surface area contributed by atoms with Crippen molar-refractivity contribution in [2.24, 2.45) is 0 Å². The molecule has 158 valence electrons. The van der Waals surface area contributed by atoms with Crippen molar-refractivity contribution in [3.8, 4) is 11.5 Å². The van der Waals surface area contributed by atoms with E-state index in [-0.39, 0.29) is 0 Å². The van der Waals surface area contributed by atoms with Gasteiger partial charge in [-0.1, -0.05) is 12.1 Å². The number of aromatic nitrogens is 2. The van der Waals surface area contributed by atoms with E-state index in [0.29, 0.717) is 12.4 Å². The highest BCUT2D eigenvalue weighted by atomic mass is 16.7. The van der Waals surface area contributed by atoms with Crippen molar-refractivity contribution in [1.29, 1.82) is 0 Å². The van der Waals surface area contributed by atoms with Crippen molar-refractivity contribution in [3.05, 3.63) is 53.5 Å². The van der Waals surface area contributed by atoms with Gasteiger partial charge in [-0.25, -0.2) is 4.98 Å². The molecule has 2 aromatic heterocycles. The minimum atomic E-state index is -0.468. The summed E-state index contributed by atoms with van der Waals surface area (Å²) in [6.07, 6.45) is 2.03. The Balaban J connectivity index is 1.68. The summed E-state index contributed by atoms with van der Waals surface area (Å²) in [4.78, 5) is 4.71. The smallest absolute Gasteiger partial charge is 0.496 e. The summed E-state index contributed by atoms with van der Waals surface area (Å²) in [6, 6.07) is 9.83. The topological polar surface area (TPSA) is 54.2 Å². The first-order chi connectivity index (χ1) is 14.1. The van der Waals surface area contributed by atoms with E-state index < -0.39 is 18.3 Å². The molecule has 0 unspecified atom stereocenters. The van der Waals surface area contributed by atoms with Gasteiger partial charge in [0, 0.05) is 17.4 Å². The van der Waals surface area contributed by atoms with Gasteiger partial charge >= 0.3 is 7.12 Å². The number of benzene rings is 1. The van der Waals surface area contributed by atoms with Gasteiger partial charge in [0.1, 0.15) is 12.4 Å². The lowest BCUT2D eigenvalue weighted by Crippen LogP contribution is -2.41. The molecule has 1 aromatic carbocycles. The van der Waals surface area contributed by atoms with Crippen LogP contribution in [0.1, 0.15) is 44.6 Å². The molecule has 0 aliphatic carbocycles. The van der Waals surface area contributed by atoms with Crippen molar-refractivity contribution in [3.63, 3.8) is 0 Å². The molecule has 3 aromatic rings. The third kappa shape index (κ3) is 3.57. The molecule has 4 rings (SSSR count). The summed E-state index contributed by atoms with van der Waals surface area (Å²) < 4.78 is 26.0. The quantitative estimate of drug-likeness (QED) is 0.601. The number of pyridine rings is 1. The van der Waals surface area contributed by atoms with Crippen LogP contribution in [0.15, 0.2) is 36.5 Å². The summed E-state index contributed by atoms with van der Waals surface area (Å²) in [5.41, 5.74) is 3.97. The highest BCUT2D eigenvalue weighted by Crippen LogP contribution is 2.37. The van der Waals surface area contributed by atoms with Gasteiger partial charge < -0.3 is 23.2 Å². The van der Waals surface area contributed by atoms with E-state index in [1.54, 1.807) is 7.11 Å². The lowest BCUT2D eigenvalue weighted by Gasteiger charge is -2.32. The highest BCUT2D eigenvalue weighted by Gasteiger charge is 2.52. The highest BCUT2D eigenvalue weighted by molar-refractivity contribution is 6.62. The molecule has 1 aliphatic rings. The van der Waals surface area contributed by atoms with Gasteiger partial charge in [0.25, 0.3) is 0 Å². The largest absolute Gasteiger partial charge is 0.497 e. The van der Waals surface area contributed by atoms with Crippen molar-refractivity contribution in [1.82, 2.24) is 9.38 Å². The predicted molar refractivity (Wildman–Crippen MR) is 118 cm³/mol. The van der Waals surface area contributed by atoms with Crippen molar-refractivity contribution < 1.29 is 18.8 Å². The third-order valence-corrected chi connectivity index (χ3v) is 6.26. The average Bonchev–Trinajstić information content (AvgIpc) is 3.11. The van der Waals surface area contributed by atoms with Gasteiger partial charge in [-0.15, -0.1) is 0 Å². The number of hydrogen-bond donors (Lipinski definition) is 0. The average molecular weight is 408 g/mol. The van der Waals surface area contributed by atoms with Crippen LogP contribution < -0.4 is 14.9 Å². The Morgan fingerprint density at radius 2 is 1.67 bits per heavy atom. The van der Waals surface area contributed by atoms with Gasteiger partial charge in [0.2, 0.25) is 0 Å². The Labute approximate surface area is 178 Å². The van der Waals surface area contributed by atoms with E-state index in [1.807, 2.05) is 43.5 Å². The molecule has 1 aliphatic heterocycles. The maximum Gasteiger partial charge on any atom is 0.496 e. The molecule has 3 heterocycles. The monoisotopic (exact) mass is 408 g/mol. The zero-order valence-corrected chi connectivity index (χ0v) is 18.8. The maximum absolute atomic E-state index is 6.26. The van der Waals surface area contributed by atoms with E-state index in [2.05, 4.69) is 39.0 Å². The Morgan fingerprint density at radius 3 is 2.27 bits per heavy atom.